The number of allylic oxidation sites excluding steroid dienone is 1. The maximum absolute atomic E-state index is 12.0. The van der Waals surface area contributed by atoms with Gasteiger partial charge in [-0.3, -0.25) is 0 Å². The molecule has 0 aromatic carbocycles. The highest BCUT2D eigenvalue weighted by atomic mass is 19.1. The van der Waals surface area contributed by atoms with Gasteiger partial charge in [-0.05, 0) is 12.8 Å². The fraction of sp³-hybridized carbons (Fsp3) is 0.714. The summed E-state index contributed by atoms with van der Waals surface area (Å²) in [5, 5.41) is 3.07. The van der Waals surface area contributed by atoms with Gasteiger partial charge < -0.3 is 5.32 Å². The predicted molar refractivity (Wildman–Crippen MR) is 36.1 cm³/mol. The van der Waals surface area contributed by atoms with Crippen LogP contribution in [0.5, 0.6) is 0 Å². The lowest BCUT2D eigenvalue weighted by molar-refractivity contribution is 0.373. The minimum absolute atomic E-state index is 0.0972. The molecule has 0 amide bonds. The smallest absolute Gasteiger partial charge is 0.105 e. The lowest BCUT2D eigenvalue weighted by Gasteiger charge is -2.09. The molecule has 0 radical (unpaired) electrons. The Morgan fingerprint density at radius 1 is 1.56 bits per heavy atom. The second-order valence-corrected chi connectivity index (χ2v) is 2.31. The summed E-state index contributed by atoms with van der Waals surface area (Å²) in [5.74, 6) is 0. The summed E-state index contributed by atoms with van der Waals surface area (Å²) in [5.41, 5.74) is 0. The quantitative estimate of drug-likeness (QED) is 0.526. The molecular weight excluding hydrogens is 117 g/mol. The molecule has 1 atom stereocenters. The Morgan fingerprint density at radius 2 is 2.44 bits per heavy atom. The molecule has 0 aliphatic carbocycles. The van der Waals surface area contributed by atoms with Gasteiger partial charge in [-0.25, -0.2) is 4.39 Å². The van der Waals surface area contributed by atoms with Crippen molar-refractivity contribution in [2.45, 2.75) is 18.9 Å². The molecule has 1 aliphatic rings. The first-order valence-electron chi connectivity index (χ1n) is 3.38. The van der Waals surface area contributed by atoms with Gasteiger partial charge in [-0.2, -0.15) is 0 Å². The summed E-state index contributed by atoms with van der Waals surface area (Å²) >= 11 is 0. The number of rotatable bonds is 1. The second kappa shape index (κ2) is 3.62. The third-order valence-corrected chi connectivity index (χ3v) is 1.56. The molecule has 0 unspecified atom stereocenters. The molecule has 1 rings (SSSR count). The molecule has 0 aromatic heterocycles. The Kier molecular flexibility index (Phi) is 2.71. The molecule has 0 bridgehead atoms. The van der Waals surface area contributed by atoms with E-state index in [9.17, 15) is 4.39 Å². The van der Waals surface area contributed by atoms with Crippen molar-refractivity contribution < 1.29 is 4.39 Å². The van der Waals surface area contributed by atoms with E-state index in [-0.39, 0.29) is 12.7 Å². The molecule has 9 heavy (non-hydrogen) atoms. The van der Waals surface area contributed by atoms with E-state index in [1.807, 2.05) is 0 Å². The Balaban J connectivity index is 2.26. The van der Waals surface area contributed by atoms with Crippen LogP contribution in [-0.2, 0) is 0 Å². The zero-order valence-corrected chi connectivity index (χ0v) is 5.44. The van der Waals surface area contributed by atoms with E-state index < -0.39 is 0 Å². The van der Waals surface area contributed by atoms with Gasteiger partial charge in [0.15, 0.2) is 0 Å². The summed E-state index contributed by atoms with van der Waals surface area (Å²) in [7, 11) is 0. The van der Waals surface area contributed by atoms with Gasteiger partial charge >= 0.3 is 0 Å². The number of halogens is 1. The van der Waals surface area contributed by atoms with Crippen LogP contribution >= 0.6 is 0 Å². The highest BCUT2D eigenvalue weighted by Crippen LogP contribution is 2.02. The van der Waals surface area contributed by atoms with E-state index in [0.717, 1.165) is 19.4 Å². The van der Waals surface area contributed by atoms with Crippen molar-refractivity contribution >= 4 is 0 Å². The normalized spacial score (nSPS) is 27.9. The summed E-state index contributed by atoms with van der Waals surface area (Å²) in [6, 6.07) is 0.0972. The molecule has 0 spiro atoms. The molecule has 0 saturated heterocycles. The van der Waals surface area contributed by atoms with Gasteiger partial charge in [-0.15, -0.1) is 0 Å². The fourth-order valence-corrected chi connectivity index (χ4v) is 0.967. The van der Waals surface area contributed by atoms with E-state index in [2.05, 4.69) is 17.5 Å². The van der Waals surface area contributed by atoms with E-state index in [1.165, 1.54) is 0 Å². The Bertz CT molecular complexity index is 91.1. The number of nitrogens with one attached hydrogen (secondary N) is 1. The fourth-order valence-electron chi connectivity index (χ4n) is 0.967. The van der Waals surface area contributed by atoms with E-state index in [1.54, 1.807) is 0 Å². The first kappa shape index (κ1) is 6.75. The third-order valence-electron chi connectivity index (χ3n) is 1.56. The third kappa shape index (κ3) is 2.14. The SMILES string of the molecule is FC[C@@H]1CCC=CCN1. The van der Waals surface area contributed by atoms with Gasteiger partial charge in [0.1, 0.15) is 6.67 Å². The molecule has 1 heterocycles. The predicted octanol–water partition coefficient (Wildman–Crippen LogP) is 1.26. The lowest BCUT2D eigenvalue weighted by atomic mass is 10.2. The summed E-state index contributed by atoms with van der Waals surface area (Å²) in [6.45, 7) is 0.594. The number of hydrogen-bond acceptors (Lipinski definition) is 1. The van der Waals surface area contributed by atoms with Crippen LogP contribution in [0.4, 0.5) is 4.39 Å². The van der Waals surface area contributed by atoms with Gasteiger partial charge in [0.25, 0.3) is 0 Å². The van der Waals surface area contributed by atoms with Crippen LogP contribution in [0, 0.1) is 0 Å². The Morgan fingerprint density at radius 3 is 3.22 bits per heavy atom. The van der Waals surface area contributed by atoms with Crippen molar-refractivity contribution in [2.24, 2.45) is 0 Å². The number of hydrogen-bond donors (Lipinski definition) is 1. The molecule has 0 saturated carbocycles. The van der Waals surface area contributed by atoms with Crippen molar-refractivity contribution in [3.63, 3.8) is 0 Å². The van der Waals surface area contributed by atoms with E-state index in [0.29, 0.717) is 0 Å². The highest BCUT2D eigenvalue weighted by Gasteiger charge is 2.06. The number of alkyl halides is 1. The zero-order valence-electron chi connectivity index (χ0n) is 5.44. The van der Waals surface area contributed by atoms with Gasteiger partial charge in [0, 0.05) is 12.6 Å². The largest absolute Gasteiger partial charge is 0.308 e. The summed E-state index contributed by atoms with van der Waals surface area (Å²) in [6.07, 6.45) is 6.10. The molecule has 52 valence electrons. The Labute approximate surface area is 54.9 Å². The van der Waals surface area contributed by atoms with E-state index in [4.69, 9.17) is 0 Å². The van der Waals surface area contributed by atoms with Crippen LogP contribution in [0.25, 0.3) is 0 Å². The van der Waals surface area contributed by atoms with Crippen molar-refractivity contribution in [1.82, 2.24) is 5.32 Å². The Hall–Kier alpha value is -0.370. The van der Waals surface area contributed by atoms with E-state index >= 15 is 0 Å². The molecular formula is C7H12FN. The van der Waals surface area contributed by atoms with Crippen LogP contribution in [-0.4, -0.2) is 19.3 Å². The van der Waals surface area contributed by atoms with Crippen LogP contribution in [0.2, 0.25) is 0 Å². The standard InChI is InChI=1S/C7H12FN/c8-6-7-4-2-1-3-5-9-7/h1,3,7,9H,2,4-6H2/t7-/m0/s1. The van der Waals surface area contributed by atoms with Crippen LogP contribution in [0.3, 0.4) is 0 Å². The average molecular weight is 129 g/mol. The van der Waals surface area contributed by atoms with Crippen molar-refractivity contribution in [3.05, 3.63) is 12.2 Å². The maximum Gasteiger partial charge on any atom is 0.105 e. The highest BCUT2D eigenvalue weighted by molar-refractivity contribution is 4.89. The first-order valence-corrected chi connectivity index (χ1v) is 3.38. The molecule has 1 N–H and O–H groups in total. The van der Waals surface area contributed by atoms with Gasteiger partial charge in [0.2, 0.25) is 0 Å². The zero-order chi connectivity index (χ0) is 6.53. The average Bonchev–Trinajstić information content (AvgIpc) is 2.13. The minimum atomic E-state index is -0.234. The molecule has 0 aromatic rings. The molecule has 1 aliphatic heterocycles. The lowest BCUT2D eigenvalue weighted by Crippen LogP contribution is -2.29. The summed E-state index contributed by atoms with van der Waals surface area (Å²) in [4.78, 5) is 0. The van der Waals surface area contributed by atoms with Crippen molar-refractivity contribution in [2.75, 3.05) is 13.2 Å². The van der Waals surface area contributed by atoms with Gasteiger partial charge in [0.05, 0.1) is 0 Å². The molecule has 0 fully saturated rings. The minimum Gasteiger partial charge on any atom is -0.308 e. The van der Waals surface area contributed by atoms with Crippen molar-refractivity contribution in [1.29, 1.82) is 0 Å². The van der Waals surface area contributed by atoms with Crippen molar-refractivity contribution in [3.8, 4) is 0 Å². The van der Waals surface area contributed by atoms with Crippen LogP contribution < -0.4 is 5.32 Å². The molecule has 1 nitrogen and oxygen atoms in total. The topological polar surface area (TPSA) is 12.0 Å². The monoisotopic (exact) mass is 129 g/mol. The van der Waals surface area contributed by atoms with Crippen LogP contribution in [0.1, 0.15) is 12.8 Å². The maximum atomic E-state index is 12.0. The summed E-state index contributed by atoms with van der Waals surface area (Å²) < 4.78 is 12.0. The second-order valence-electron chi connectivity index (χ2n) is 2.31. The molecule has 2 heteroatoms. The van der Waals surface area contributed by atoms with Gasteiger partial charge in [-0.1, -0.05) is 12.2 Å². The van der Waals surface area contributed by atoms with Crippen LogP contribution in [0.15, 0.2) is 12.2 Å². The first-order chi connectivity index (χ1) is 4.43.